The van der Waals surface area contributed by atoms with Gasteiger partial charge in [-0.05, 0) is 33.8 Å². The van der Waals surface area contributed by atoms with Crippen LogP contribution < -0.4 is 5.73 Å². The molecule has 0 aromatic heterocycles. The van der Waals surface area contributed by atoms with Gasteiger partial charge in [0.25, 0.3) is 0 Å². The van der Waals surface area contributed by atoms with Crippen LogP contribution in [-0.4, -0.2) is 73.2 Å². The molecule has 0 aromatic rings. The quantitative estimate of drug-likeness (QED) is 0.235. The number of carbonyl (C=O) groups excluding carboxylic acids is 2. The molecule has 0 saturated carbocycles. The van der Waals surface area contributed by atoms with E-state index in [1.54, 1.807) is 25.7 Å². The fourth-order valence-corrected chi connectivity index (χ4v) is 2.91. The molecule has 12 heteroatoms. The molecule has 0 aliphatic carbocycles. The summed E-state index contributed by atoms with van der Waals surface area (Å²) in [6.45, 7) is 12.0. The smallest absolute Gasteiger partial charge is 0.462 e. The normalized spacial score (nSPS) is 16.7. The van der Waals surface area contributed by atoms with E-state index in [4.69, 9.17) is 26.8 Å². The summed E-state index contributed by atoms with van der Waals surface area (Å²) in [7, 11) is 0. The Morgan fingerprint density at radius 1 is 1.12 bits per heavy atom. The molecule has 0 bridgehead atoms. The van der Waals surface area contributed by atoms with Crippen LogP contribution in [0.2, 0.25) is 0 Å². The maximum absolute atomic E-state index is 13.0. The first kappa shape index (κ1) is 28.6. The molecular weight excluding hydrogens is 467 g/mol. The van der Waals surface area contributed by atoms with Crippen molar-refractivity contribution in [1.29, 1.82) is 0 Å². The number of amides is 1. The van der Waals surface area contributed by atoms with Crippen LogP contribution in [0.4, 0.5) is 18.0 Å². The maximum Gasteiger partial charge on any atom is 0.572 e. The number of nitrogens with zero attached hydrogens (tertiary/aromatic N) is 2. The van der Waals surface area contributed by atoms with E-state index in [0.29, 0.717) is 26.2 Å². The summed E-state index contributed by atoms with van der Waals surface area (Å²) in [4.78, 5) is 27.8. The molecule has 1 heterocycles. The lowest BCUT2D eigenvalue weighted by Crippen LogP contribution is -2.50. The second kappa shape index (κ2) is 12.2. The van der Waals surface area contributed by atoms with Gasteiger partial charge >= 0.3 is 18.4 Å². The molecule has 1 aliphatic rings. The number of esters is 1. The number of hydrogen-bond acceptors (Lipinski definition) is 7. The number of carbonyl (C=O) groups is 2. The summed E-state index contributed by atoms with van der Waals surface area (Å²) in [5.41, 5.74) is 4.42. The number of rotatable bonds is 8. The van der Waals surface area contributed by atoms with Crippen molar-refractivity contribution in [2.75, 3.05) is 39.3 Å². The molecule has 188 valence electrons. The van der Waals surface area contributed by atoms with Gasteiger partial charge in [-0.1, -0.05) is 18.2 Å². The van der Waals surface area contributed by atoms with E-state index in [-0.39, 0.29) is 35.9 Å². The topological polar surface area (TPSA) is 94.3 Å². The van der Waals surface area contributed by atoms with Gasteiger partial charge in [-0.25, -0.2) is 9.59 Å². The van der Waals surface area contributed by atoms with Crippen LogP contribution in [0.1, 0.15) is 34.1 Å². The molecule has 1 aliphatic heterocycles. The highest BCUT2D eigenvalue weighted by Crippen LogP contribution is 2.25. The summed E-state index contributed by atoms with van der Waals surface area (Å²) < 4.78 is 53.2. The average Bonchev–Trinajstić information content (AvgIpc) is 2.67. The number of piperazine rings is 1. The van der Waals surface area contributed by atoms with E-state index in [2.05, 4.69) is 11.3 Å². The number of nitrogens with two attached hydrogens (primary N) is 1. The highest BCUT2D eigenvalue weighted by molar-refractivity contribution is 6.32. The van der Waals surface area contributed by atoms with Crippen LogP contribution in [0.15, 0.2) is 34.7 Å². The Bertz CT molecular complexity index is 783. The zero-order chi connectivity index (χ0) is 25.4. The molecular formula is C21H31ClF3N3O5. The molecule has 1 rings (SSSR count). The first-order valence-corrected chi connectivity index (χ1v) is 10.7. The molecule has 1 saturated heterocycles. The zero-order valence-corrected chi connectivity index (χ0v) is 20.0. The highest BCUT2D eigenvalue weighted by atomic mass is 35.5. The lowest BCUT2D eigenvalue weighted by molar-refractivity contribution is -0.306. The van der Waals surface area contributed by atoms with Crippen molar-refractivity contribution in [3.8, 4) is 0 Å². The van der Waals surface area contributed by atoms with Crippen LogP contribution in [0.3, 0.4) is 0 Å². The molecule has 0 aromatic carbocycles. The van der Waals surface area contributed by atoms with Crippen molar-refractivity contribution in [3.63, 3.8) is 0 Å². The Hall–Kier alpha value is -2.40. The van der Waals surface area contributed by atoms with Gasteiger partial charge in [0.15, 0.2) is 0 Å². The van der Waals surface area contributed by atoms with Crippen molar-refractivity contribution in [1.82, 2.24) is 9.80 Å². The number of hydrogen-bond donors (Lipinski definition) is 1. The van der Waals surface area contributed by atoms with Gasteiger partial charge in [-0.2, -0.15) is 0 Å². The van der Waals surface area contributed by atoms with Crippen molar-refractivity contribution >= 4 is 23.7 Å². The van der Waals surface area contributed by atoms with Gasteiger partial charge in [0.05, 0.1) is 22.9 Å². The van der Waals surface area contributed by atoms with Crippen LogP contribution in [-0.2, 0) is 19.0 Å². The van der Waals surface area contributed by atoms with Gasteiger partial charge in [-0.15, -0.1) is 13.2 Å². The number of alkyl halides is 3. The van der Waals surface area contributed by atoms with E-state index in [9.17, 15) is 22.8 Å². The van der Waals surface area contributed by atoms with Crippen LogP contribution in [0, 0.1) is 0 Å². The van der Waals surface area contributed by atoms with Gasteiger partial charge in [0.1, 0.15) is 11.4 Å². The Morgan fingerprint density at radius 2 is 1.70 bits per heavy atom. The Kier molecular flexibility index (Phi) is 10.6. The molecule has 2 N–H and O–H groups in total. The second-order valence-electron chi connectivity index (χ2n) is 8.17. The molecule has 1 fully saturated rings. The molecule has 0 atom stereocenters. The van der Waals surface area contributed by atoms with Crippen LogP contribution >= 0.6 is 11.6 Å². The van der Waals surface area contributed by atoms with E-state index >= 15 is 0 Å². The molecule has 33 heavy (non-hydrogen) atoms. The van der Waals surface area contributed by atoms with Gasteiger partial charge in [0, 0.05) is 39.1 Å². The van der Waals surface area contributed by atoms with Crippen molar-refractivity contribution in [2.24, 2.45) is 5.73 Å². The Morgan fingerprint density at radius 3 is 2.15 bits per heavy atom. The molecule has 0 radical (unpaired) electrons. The SMILES string of the molecule is C=C(Cl)/C(N)=C(\C=C(/CCN1CCN(C(=O)OC(C)(C)C)CC1)OC(F)(F)F)C(=O)OCC. The fourth-order valence-electron chi connectivity index (χ4n) is 2.81. The van der Waals surface area contributed by atoms with Gasteiger partial charge in [0.2, 0.25) is 0 Å². The largest absolute Gasteiger partial charge is 0.572 e. The zero-order valence-electron chi connectivity index (χ0n) is 19.3. The molecule has 8 nitrogen and oxygen atoms in total. The predicted molar refractivity (Wildman–Crippen MR) is 117 cm³/mol. The lowest BCUT2D eigenvalue weighted by atomic mass is 10.1. The minimum atomic E-state index is -4.98. The molecule has 1 amide bonds. The van der Waals surface area contributed by atoms with Crippen molar-refractivity contribution in [3.05, 3.63) is 34.7 Å². The minimum Gasteiger partial charge on any atom is -0.462 e. The molecule has 0 unspecified atom stereocenters. The third-order valence-electron chi connectivity index (χ3n) is 4.33. The highest BCUT2D eigenvalue weighted by Gasteiger charge is 2.33. The van der Waals surface area contributed by atoms with E-state index < -0.39 is 29.8 Å². The summed E-state index contributed by atoms with van der Waals surface area (Å²) >= 11 is 5.73. The fraction of sp³-hybridized carbons (Fsp3) is 0.619. The Balaban J connectivity index is 2.92. The minimum absolute atomic E-state index is 0.0183. The van der Waals surface area contributed by atoms with E-state index in [0.717, 1.165) is 6.08 Å². The first-order chi connectivity index (χ1) is 15.1. The maximum atomic E-state index is 13.0. The standard InChI is InChI=1S/C21H31ClF3N3O5/c1-6-31-18(29)16(17(26)14(2)22)13-15(32-21(23,24)25)7-8-27-9-11-28(12-10-27)19(30)33-20(3,4)5/h13H,2,6-12,26H2,1,3-5H3/b15-13+,17-16-. The van der Waals surface area contributed by atoms with Crippen LogP contribution in [0.5, 0.6) is 0 Å². The van der Waals surface area contributed by atoms with Gasteiger partial charge < -0.3 is 24.8 Å². The predicted octanol–water partition coefficient (Wildman–Crippen LogP) is 3.88. The second-order valence-corrected chi connectivity index (χ2v) is 8.63. The average molecular weight is 498 g/mol. The van der Waals surface area contributed by atoms with E-state index in [1.807, 2.05) is 4.90 Å². The third kappa shape index (κ3) is 10.8. The van der Waals surface area contributed by atoms with Crippen LogP contribution in [0.25, 0.3) is 0 Å². The summed E-state index contributed by atoms with van der Waals surface area (Å²) in [6, 6.07) is 0. The van der Waals surface area contributed by atoms with Crippen molar-refractivity contribution < 1.29 is 37.0 Å². The Labute approximate surface area is 196 Å². The first-order valence-electron chi connectivity index (χ1n) is 10.3. The lowest BCUT2D eigenvalue weighted by Gasteiger charge is -2.35. The summed E-state index contributed by atoms with van der Waals surface area (Å²) in [6.07, 6.45) is -4.74. The monoisotopic (exact) mass is 497 g/mol. The number of halogens is 4. The van der Waals surface area contributed by atoms with Gasteiger partial charge in [-0.3, -0.25) is 4.90 Å². The third-order valence-corrected chi connectivity index (χ3v) is 4.53. The van der Waals surface area contributed by atoms with Crippen molar-refractivity contribution in [2.45, 2.75) is 46.1 Å². The summed E-state index contributed by atoms with van der Waals surface area (Å²) in [5.74, 6) is -1.49. The number of ether oxygens (including phenoxy) is 3. The molecule has 0 spiro atoms. The summed E-state index contributed by atoms with van der Waals surface area (Å²) in [5, 5.41) is -0.223. The van der Waals surface area contributed by atoms with E-state index in [1.165, 1.54) is 6.92 Å². The number of allylic oxidation sites excluding steroid dienone is 1.